The summed E-state index contributed by atoms with van der Waals surface area (Å²) in [6.07, 6.45) is 10.4. The Bertz CT molecular complexity index is 483. The van der Waals surface area contributed by atoms with Gasteiger partial charge >= 0.3 is 0 Å². The van der Waals surface area contributed by atoms with E-state index in [9.17, 15) is 4.79 Å². The van der Waals surface area contributed by atoms with Crippen molar-refractivity contribution in [3.8, 4) is 0 Å². The van der Waals surface area contributed by atoms with Crippen LogP contribution in [0.2, 0.25) is 0 Å². The predicted molar refractivity (Wildman–Crippen MR) is 88.9 cm³/mol. The van der Waals surface area contributed by atoms with Crippen LogP contribution >= 0.6 is 0 Å². The fourth-order valence-electron chi connectivity index (χ4n) is 7.05. The molecule has 0 amide bonds. The van der Waals surface area contributed by atoms with Crippen LogP contribution in [0.3, 0.4) is 0 Å². The second kappa shape index (κ2) is 5.56. The van der Waals surface area contributed by atoms with Gasteiger partial charge in [-0.25, -0.2) is 0 Å². The lowest BCUT2D eigenvalue weighted by molar-refractivity contribution is -0.246. The first-order chi connectivity index (χ1) is 11.0. The smallest absolute Gasteiger partial charge is 0.167 e. The summed E-state index contributed by atoms with van der Waals surface area (Å²) in [5.41, 5.74) is 0.0193. The summed E-state index contributed by atoms with van der Waals surface area (Å²) in [6.45, 7) is 2.27. The molecule has 4 aliphatic carbocycles. The monoisotopic (exact) mass is 320 g/mol. The highest BCUT2D eigenvalue weighted by Crippen LogP contribution is 2.62. The average molecular weight is 320 g/mol. The molecular weight excluding hydrogens is 288 g/mol. The van der Waals surface area contributed by atoms with Gasteiger partial charge in [0.05, 0.1) is 0 Å². The third-order valence-corrected chi connectivity index (χ3v) is 8.40. The van der Waals surface area contributed by atoms with Crippen LogP contribution in [-0.2, 0) is 14.3 Å². The quantitative estimate of drug-likeness (QED) is 0.715. The minimum atomic E-state index is -0.333. The van der Waals surface area contributed by atoms with Gasteiger partial charge in [-0.1, -0.05) is 6.92 Å². The maximum Gasteiger partial charge on any atom is 0.167 e. The number of Topliss-reactive ketones (excluding diaryl/α,β-unsaturated/α-hetero) is 1. The number of hydrogen-bond donors (Lipinski definition) is 0. The normalized spacial score (nSPS) is 48.5. The van der Waals surface area contributed by atoms with Gasteiger partial charge in [-0.2, -0.15) is 0 Å². The van der Waals surface area contributed by atoms with Crippen LogP contribution in [0.5, 0.6) is 0 Å². The van der Waals surface area contributed by atoms with Gasteiger partial charge in [0.1, 0.15) is 5.78 Å². The minimum absolute atomic E-state index is 0.0193. The Morgan fingerprint density at radius 1 is 0.913 bits per heavy atom. The topological polar surface area (TPSA) is 35.5 Å². The van der Waals surface area contributed by atoms with Crippen molar-refractivity contribution in [1.82, 2.24) is 0 Å². The maximum absolute atomic E-state index is 12.4. The number of hydrogen-bond acceptors (Lipinski definition) is 3. The third kappa shape index (κ3) is 2.26. The van der Waals surface area contributed by atoms with E-state index in [1.54, 1.807) is 14.2 Å². The number of ether oxygens (including phenoxy) is 2. The maximum atomic E-state index is 12.4. The van der Waals surface area contributed by atoms with Gasteiger partial charge in [-0.15, -0.1) is 0 Å². The van der Waals surface area contributed by atoms with Crippen molar-refractivity contribution in [2.45, 2.75) is 70.5 Å². The van der Waals surface area contributed by atoms with Crippen molar-refractivity contribution in [2.24, 2.45) is 35.0 Å². The molecule has 0 unspecified atom stereocenters. The molecule has 0 spiro atoms. The Morgan fingerprint density at radius 3 is 2.39 bits per heavy atom. The molecule has 0 aromatic rings. The van der Waals surface area contributed by atoms with Crippen LogP contribution < -0.4 is 0 Å². The Labute approximate surface area is 140 Å². The first kappa shape index (κ1) is 16.1. The molecule has 3 nitrogen and oxygen atoms in total. The molecule has 4 saturated carbocycles. The Morgan fingerprint density at radius 2 is 1.65 bits per heavy atom. The summed E-state index contributed by atoms with van der Waals surface area (Å²) in [5.74, 6) is 4.15. The lowest BCUT2D eigenvalue weighted by Crippen LogP contribution is -2.51. The van der Waals surface area contributed by atoms with Crippen LogP contribution in [0.15, 0.2) is 0 Å². The molecule has 3 heteroatoms. The second-order valence-electron chi connectivity index (χ2n) is 8.92. The lowest BCUT2D eigenvalue weighted by atomic mass is 9.50. The molecule has 6 atom stereocenters. The van der Waals surface area contributed by atoms with Crippen molar-refractivity contribution in [3.05, 3.63) is 0 Å². The van der Waals surface area contributed by atoms with Crippen molar-refractivity contribution in [1.29, 1.82) is 0 Å². The summed E-state index contributed by atoms with van der Waals surface area (Å²) in [7, 11) is 3.59. The Balaban J connectivity index is 1.54. The first-order valence-corrected chi connectivity index (χ1v) is 9.66. The summed E-state index contributed by atoms with van der Waals surface area (Å²) < 4.78 is 11.5. The molecule has 0 aromatic heterocycles. The summed E-state index contributed by atoms with van der Waals surface area (Å²) in [6, 6.07) is 0. The third-order valence-electron chi connectivity index (χ3n) is 8.40. The fraction of sp³-hybridized carbons (Fsp3) is 0.950. The van der Waals surface area contributed by atoms with Crippen LogP contribution in [0, 0.1) is 35.0 Å². The summed E-state index contributed by atoms with van der Waals surface area (Å²) >= 11 is 0. The zero-order valence-corrected chi connectivity index (χ0v) is 15.0. The molecule has 0 N–H and O–H groups in total. The van der Waals surface area contributed by atoms with Crippen molar-refractivity contribution in [3.63, 3.8) is 0 Å². The standard InChI is InChI=1S/C20H32O3/c1-19-10-8-15-14-9-11-20(22-2,23-3)12-13(14)4-5-16(15)17(19)6-7-18(19)21/h13-17H,4-12H2,1-3H3/t13-,14+,15-,16-,17+,19+/m1/s1. The molecule has 0 aliphatic heterocycles. The van der Waals surface area contributed by atoms with Crippen molar-refractivity contribution >= 4 is 5.78 Å². The number of rotatable bonds is 2. The fourth-order valence-corrected chi connectivity index (χ4v) is 7.05. The molecule has 4 aliphatic rings. The van der Waals surface area contributed by atoms with Crippen LogP contribution in [-0.4, -0.2) is 25.8 Å². The Kier molecular flexibility index (Phi) is 3.88. The molecule has 0 aromatic carbocycles. The number of methoxy groups -OCH3 is 2. The minimum Gasteiger partial charge on any atom is -0.353 e. The molecule has 0 saturated heterocycles. The highest BCUT2D eigenvalue weighted by Gasteiger charge is 2.57. The molecule has 130 valence electrons. The van der Waals surface area contributed by atoms with E-state index in [1.807, 2.05) is 0 Å². The largest absolute Gasteiger partial charge is 0.353 e. The van der Waals surface area contributed by atoms with E-state index in [1.165, 1.54) is 25.7 Å². The van der Waals surface area contributed by atoms with Crippen molar-refractivity contribution < 1.29 is 14.3 Å². The molecule has 4 fully saturated rings. The van der Waals surface area contributed by atoms with Crippen LogP contribution in [0.25, 0.3) is 0 Å². The second-order valence-corrected chi connectivity index (χ2v) is 8.92. The van der Waals surface area contributed by atoms with Crippen LogP contribution in [0.1, 0.15) is 64.7 Å². The number of ketones is 1. The van der Waals surface area contributed by atoms with Gasteiger partial charge < -0.3 is 9.47 Å². The molecule has 0 bridgehead atoms. The zero-order chi connectivity index (χ0) is 16.2. The SMILES string of the molecule is COC1(OC)CC[C@H]2[C@H](CC[C@@H]3[C@@H]2CC[C@]2(C)C(=O)CC[C@@H]32)C1. The summed E-state index contributed by atoms with van der Waals surface area (Å²) in [4.78, 5) is 12.4. The van der Waals surface area contributed by atoms with Gasteiger partial charge in [-0.05, 0) is 68.1 Å². The lowest BCUT2D eigenvalue weighted by Gasteiger charge is -2.56. The van der Waals surface area contributed by atoms with E-state index in [-0.39, 0.29) is 11.2 Å². The number of fused-ring (bicyclic) bond motifs is 5. The average Bonchev–Trinajstić information content (AvgIpc) is 2.89. The molecule has 0 heterocycles. The number of carbonyl (C=O) groups is 1. The van der Waals surface area contributed by atoms with E-state index in [2.05, 4.69) is 6.92 Å². The van der Waals surface area contributed by atoms with Crippen LogP contribution in [0.4, 0.5) is 0 Å². The summed E-state index contributed by atoms with van der Waals surface area (Å²) in [5, 5.41) is 0. The van der Waals surface area contributed by atoms with Gasteiger partial charge in [-0.3, -0.25) is 4.79 Å². The van der Waals surface area contributed by atoms with Gasteiger partial charge in [0.15, 0.2) is 5.79 Å². The molecule has 23 heavy (non-hydrogen) atoms. The highest BCUT2D eigenvalue weighted by molar-refractivity contribution is 5.87. The molecule has 4 rings (SSSR count). The number of carbonyl (C=O) groups excluding carboxylic acids is 1. The zero-order valence-electron chi connectivity index (χ0n) is 15.0. The van der Waals surface area contributed by atoms with E-state index in [4.69, 9.17) is 9.47 Å². The molecule has 0 radical (unpaired) electrons. The van der Waals surface area contributed by atoms with E-state index >= 15 is 0 Å². The predicted octanol–water partition coefficient (Wildman–Crippen LogP) is 4.20. The van der Waals surface area contributed by atoms with E-state index < -0.39 is 0 Å². The van der Waals surface area contributed by atoms with Gasteiger partial charge in [0.25, 0.3) is 0 Å². The van der Waals surface area contributed by atoms with Gasteiger partial charge in [0.2, 0.25) is 0 Å². The first-order valence-electron chi connectivity index (χ1n) is 9.66. The van der Waals surface area contributed by atoms with Crippen molar-refractivity contribution in [2.75, 3.05) is 14.2 Å². The molecular formula is C20H32O3. The highest BCUT2D eigenvalue weighted by atomic mass is 16.7. The Hall–Kier alpha value is -0.410. The van der Waals surface area contributed by atoms with Gasteiger partial charge in [0, 0.05) is 38.9 Å². The van der Waals surface area contributed by atoms with E-state index in [0.717, 1.165) is 55.8 Å². The van der Waals surface area contributed by atoms with E-state index in [0.29, 0.717) is 11.7 Å².